The number of nitrogens with zero attached hydrogens (tertiary/aromatic N) is 1. The van der Waals surface area contributed by atoms with E-state index in [-0.39, 0.29) is 11.3 Å². The van der Waals surface area contributed by atoms with E-state index in [0.717, 1.165) is 56.1 Å². The molecule has 0 spiro atoms. The number of benzene rings is 3. The van der Waals surface area contributed by atoms with Gasteiger partial charge in [-0.25, -0.2) is 13.1 Å². The molecule has 1 heterocycles. The third-order valence-electron chi connectivity index (χ3n) is 6.60. The first kappa shape index (κ1) is 27.9. The topological polar surface area (TPSA) is 108 Å². The first-order valence-corrected chi connectivity index (χ1v) is 14.3. The maximum Gasteiger partial charge on any atom is 0.305 e. The summed E-state index contributed by atoms with van der Waals surface area (Å²) in [6.45, 7) is 7.44. The Kier molecular flexibility index (Phi) is 9.65. The highest BCUT2D eigenvalue weighted by molar-refractivity contribution is 7.89. The number of carboxylic acid groups (broad SMARTS) is 1. The summed E-state index contributed by atoms with van der Waals surface area (Å²) in [7, 11) is -3.96. The lowest BCUT2D eigenvalue weighted by molar-refractivity contribution is -0.137. The summed E-state index contributed by atoms with van der Waals surface area (Å²) in [6.07, 6.45) is -0.358. The maximum absolute atomic E-state index is 13.2. The Hall–Kier alpha value is -3.08. The second-order valence-electron chi connectivity index (χ2n) is 9.60. The quantitative estimate of drug-likeness (QED) is 0.324. The monoisotopic (exact) mass is 537 g/mol. The second kappa shape index (κ2) is 13.1. The number of hydrogen-bond acceptors (Lipinski definition) is 6. The number of morpholine rings is 1. The number of ether oxygens (including phenoxy) is 1. The molecule has 2 atom stereocenters. The fourth-order valence-electron chi connectivity index (χ4n) is 4.53. The molecular weight excluding hydrogens is 502 g/mol. The molecule has 3 N–H and O–H groups in total. The molecule has 1 fully saturated rings. The number of nitrogens with one attached hydrogen (secondary N) is 2. The number of carbonyl (C=O) groups is 1. The highest BCUT2D eigenvalue weighted by Crippen LogP contribution is 2.25. The Morgan fingerprint density at radius 1 is 0.974 bits per heavy atom. The standard InChI is InChI=1S/C29H35N3O5S/c1-22(21-32-14-16-37-17-15-32)30-20-23-10-12-24(13-11-23)26-8-5-9-27(18-26)38(35,36)31-28(19-29(33)34)25-6-3-2-4-7-25/h2-13,18,22,28,30-31H,14-17,19-21H2,1H3,(H,33,34)/t22-,28+/m0/s1. The normalized spacial score (nSPS) is 16.1. The molecule has 0 radical (unpaired) electrons. The van der Waals surface area contributed by atoms with Gasteiger partial charge in [0.25, 0.3) is 0 Å². The first-order chi connectivity index (χ1) is 18.3. The highest BCUT2D eigenvalue weighted by Gasteiger charge is 2.24. The lowest BCUT2D eigenvalue weighted by atomic mass is 10.0. The van der Waals surface area contributed by atoms with E-state index in [1.807, 2.05) is 30.3 Å². The van der Waals surface area contributed by atoms with Gasteiger partial charge in [0.05, 0.1) is 30.6 Å². The number of sulfonamides is 1. The van der Waals surface area contributed by atoms with Crippen molar-refractivity contribution in [1.82, 2.24) is 14.9 Å². The summed E-state index contributed by atoms with van der Waals surface area (Å²) in [5.41, 5.74) is 3.41. The van der Waals surface area contributed by atoms with Crippen LogP contribution in [0.25, 0.3) is 11.1 Å². The van der Waals surface area contributed by atoms with Crippen LogP contribution in [0.15, 0.2) is 83.8 Å². The van der Waals surface area contributed by atoms with E-state index < -0.39 is 22.0 Å². The minimum atomic E-state index is -3.96. The summed E-state index contributed by atoms with van der Waals surface area (Å²) >= 11 is 0. The van der Waals surface area contributed by atoms with Crippen LogP contribution in [0, 0.1) is 0 Å². The number of aliphatic carboxylic acids is 1. The fraction of sp³-hybridized carbons (Fsp3) is 0.345. The van der Waals surface area contributed by atoms with Crippen LogP contribution in [0.5, 0.6) is 0 Å². The minimum absolute atomic E-state index is 0.0870. The molecule has 9 heteroatoms. The molecule has 0 unspecified atom stereocenters. The van der Waals surface area contributed by atoms with E-state index in [0.29, 0.717) is 11.6 Å². The van der Waals surface area contributed by atoms with Gasteiger partial charge < -0.3 is 15.2 Å². The SMILES string of the molecule is C[C@@H](CN1CCOCC1)NCc1ccc(-c2cccc(S(=O)(=O)N[C@H](CC(=O)O)c3ccccc3)c2)cc1. The molecule has 0 saturated carbocycles. The molecule has 0 amide bonds. The molecule has 3 aromatic carbocycles. The Morgan fingerprint density at radius 2 is 1.68 bits per heavy atom. The second-order valence-corrected chi connectivity index (χ2v) is 11.3. The van der Waals surface area contributed by atoms with E-state index in [4.69, 9.17) is 4.74 Å². The zero-order valence-electron chi connectivity index (χ0n) is 21.5. The van der Waals surface area contributed by atoms with Crippen LogP contribution < -0.4 is 10.0 Å². The average Bonchev–Trinajstić information content (AvgIpc) is 2.93. The fourth-order valence-corrected chi connectivity index (χ4v) is 5.80. The van der Waals surface area contributed by atoms with Crippen molar-refractivity contribution in [2.45, 2.75) is 36.9 Å². The minimum Gasteiger partial charge on any atom is -0.481 e. The van der Waals surface area contributed by atoms with Crippen LogP contribution >= 0.6 is 0 Å². The molecule has 202 valence electrons. The number of rotatable bonds is 12. The van der Waals surface area contributed by atoms with Crippen molar-refractivity contribution in [3.63, 3.8) is 0 Å². The average molecular weight is 538 g/mol. The van der Waals surface area contributed by atoms with Crippen molar-refractivity contribution < 1.29 is 23.1 Å². The van der Waals surface area contributed by atoms with Crippen LogP contribution in [0.3, 0.4) is 0 Å². The van der Waals surface area contributed by atoms with Crippen molar-refractivity contribution in [3.05, 3.63) is 90.0 Å². The lowest BCUT2D eigenvalue weighted by Gasteiger charge is -2.29. The van der Waals surface area contributed by atoms with E-state index in [9.17, 15) is 18.3 Å². The number of carboxylic acids is 1. The molecule has 1 saturated heterocycles. The van der Waals surface area contributed by atoms with Gasteiger partial charge in [-0.05, 0) is 41.3 Å². The van der Waals surface area contributed by atoms with Gasteiger partial charge in [0, 0.05) is 32.2 Å². The zero-order chi connectivity index (χ0) is 27.0. The van der Waals surface area contributed by atoms with Gasteiger partial charge in [-0.3, -0.25) is 9.69 Å². The molecule has 0 aliphatic carbocycles. The Morgan fingerprint density at radius 3 is 2.37 bits per heavy atom. The number of hydrogen-bond donors (Lipinski definition) is 3. The molecule has 0 aromatic heterocycles. The summed E-state index contributed by atoms with van der Waals surface area (Å²) in [4.78, 5) is 13.9. The van der Waals surface area contributed by atoms with E-state index in [1.54, 1.807) is 42.5 Å². The van der Waals surface area contributed by atoms with Gasteiger partial charge >= 0.3 is 5.97 Å². The molecule has 38 heavy (non-hydrogen) atoms. The van der Waals surface area contributed by atoms with Gasteiger partial charge in [0.2, 0.25) is 10.0 Å². The zero-order valence-corrected chi connectivity index (χ0v) is 22.4. The van der Waals surface area contributed by atoms with Gasteiger partial charge in [-0.1, -0.05) is 66.7 Å². The lowest BCUT2D eigenvalue weighted by Crippen LogP contribution is -2.44. The van der Waals surface area contributed by atoms with Gasteiger partial charge in [-0.2, -0.15) is 0 Å². The predicted octanol–water partition coefficient (Wildman–Crippen LogP) is 3.66. The Labute approximate surface area is 224 Å². The van der Waals surface area contributed by atoms with Crippen molar-refractivity contribution in [2.75, 3.05) is 32.8 Å². The molecule has 8 nitrogen and oxygen atoms in total. The van der Waals surface area contributed by atoms with E-state index >= 15 is 0 Å². The van der Waals surface area contributed by atoms with Crippen molar-refractivity contribution in [1.29, 1.82) is 0 Å². The van der Waals surface area contributed by atoms with E-state index in [2.05, 4.69) is 21.9 Å². The Balaban J connectivity index is 1.41. The largest absolute Gasteiger partial charge is 0.481 e. The molecule has 1 aliphatic rings. The van der Waals surface area contributed by atoms with Crippen molar-refractivity contribution in [3.8, 4) is 11.1 Å². The summed E-state index contributed by atoms with van der Waals surface area (Å²) in [6, 6.07) is 23.0. The summed E-state index contributed by atoms with van der Waals surface area (Å²) in [5, 5.41) is 12.9. The summed E-state index contributed by atoms with van der Waals surface area (Å²) < 4.78 is 34.4. The van der Waals surface area contributed by atoms with Gasteiger partial charge in [0.15, 0.2) is 0 Å². The first-order valence-electron chi connectivity index (χ1n) is 12.8. The van der Waals surface area contributed by atoms with E-state index in [1.165, 1.54) is 6.07 Å². The smallest absolute Gasteiger partial charge is 0.305 e. The molecular formula is C29H35N3O5S. The molecule has 1 aliphatic heterocycles. The third kappa shape index (κ3) is 7.96. The third-order valence-corrected chi connectivity index (χ3v) is 8.07. The Bertz CT molecular complexity index is 1290. The predicted molar refractivity (Wildman–Crippen MR) is 147 cm³/mol. The van der Waals surface area contributed by atoms with Crippen molar-refractivity contribution >= 4 is 16.0 Å². The van der Waals surface area contributed by atoms with Crippen LogP contribution in [0.4, 0.5) is 0 Å². The van der Waals surface area contributed by atoms with Gasteiger partial charge in [-0.15, -0.1) is 0 Å². The molecule has 0 bridgehead atoms. The highest BCUT2D eigenvalue weighted by atomic mass is 32.2. The molecule has 4 rings (SSSR count). The van der Waals surface area contributed by atoms with Crippen LogP contribution in [-0.2, 0) is 26.1 Å². The van der Waals surface area contributed by atoms with Crippen molar-refractivity contribution in [2.24, 2.45) is 0 Å². The molecule has 3 aromatic rings. The maximum atomic E-state index is 13.2. The van der Waals surface area contributed by atoms with Crippen LogP contribution in [0.1, 0.15) is 30.5 Å². The van der Waals surface area contributed by atoms with Crippen LogP contribution in [-0.4, -0.2) is 63.3 Å². The van der Waals surface area contributed by atoms with Crippen LogP contribution in [0.2, 0.25) is 0 Å². The van der Waals surface area contributed by atoms with Gasteiger partial charge in [0.1, 0.15) is 0 Å². The summed E-state index contributed by atoms with van der Waals surface area (Å²) in [5.74, 6) is -1.08.